The lowest BCUT2D eigenvalue weighted by molar-refractivity contribution is 0.0760. The quantitative estimate of drug-likeness (QED) is 0.737. The van der Waals surface area contributed by atoms with Gasteiger partial charge in [0.05, 0.1) is 6.61 Å². The molecule has 0 aromatic rings. The van der Waals surface area contributed by atoms with E-state index in [1.807, 2.05) is 7.11 Å². The minimum atomic E-state index is 0.527. The van der Waals surface area contributed by atoms with Gasteiger partial charge in [0, 0.05) is 51.8 Å². The van der Waals surface area contributed by atoms with Crippen molar-refractivity contribution in [3.05, 3.63) is 0 Å². The average molecular weight is 295 g/mol. The molecule has 2 aliphatic heterocycles. The standard InChI is InChI=1S/C17H33N3O/c1-18-9-11-19(12-10-18)13-16-3-7-20(8-4-16)14-17(5-6-17)15-21-2/h16H,3-15H2,1-2H3. The SMILES string of the molecule is COCC1(CN2CCC(CN3CCN(C)CC3)CC2)CC1. The summed E-state index contributed by atoms with van der Waals surface area (Å²) in [6.45, 7) is 11.2. The third kappa shape index (κ3) is 4.41. The zero-order chi connectivity index (χ0) is 14.7. The van der Waals surface area contributed by atoms with Gasteiger partial charge in [-0.25, -0.2) is 0 Å². The summed E-state index contributed by atoms with van der Waals surface area (Å²) in [4.78, 5) is 7.84. The van der Waals surface area contributed by atoms with Crippen LogP contribution in [0, 0.1) is 11.3 Å². The lowest BCUT2D eigenvalue weighted by Gasteiger charge is -2.38. The molecule has 0 aromatic carbocycles. The molecular weight excluding hydrogens is 262 g/mol. The maximum atomic E-state index is 5.40. The van der Waals surface area contributed by atoms with Gasteiger partial charge < -0.3 is 19.4 Å². The predicted octanol–water partition coefficient (Wildman–Crippen LogP) is 1.37. The van der Waals surface area contributed by atoms with E-state index in [0.717, 1.165) is 12.5 Å². The summed E-state index contributed by atoms with van der Waals surface area (Å²) in [5, 5.41) is 0. The second kappa shape index (κ2) is 6.95. The first-order valence-corrected chi connectivity index (χ1v) is 8.81. The van der Waals surface area contributed by atoms with E-state index in [0.29, 0.717) is 5.41 Å². The number of hydrogen-bond donors (Lipinski definition) is 0. The number of likely N-dealkylation sites (tertiary alicyclic amines) is 1. The van der Waals surface area contributed by atoms with E-state index < -0.39 is 0 Å². The number of rotatable bonds is 6. The molecule has 0 spiro atoms. The van der Waals surface area contributed by atoms with Gasteiger partial charge in [0.2, 0.25) is 0 Å². The Morgan fingerprint density at radius 2 is 1.62 bits per heavy atom. The lowest BCUT2D eigenvalue weighted by atomic mass is 9.94. The smallest absolute Gasteiger partial charge is 0.0530 e. The van der Waals surface area contributed by atoms with Crippen molar-refractivity contribution in [1.82, 2.24) is 14.7 Å². The highest BCUT2D eigenvalue weighted by Crippen LogP contribution is 2.46. The molecule has 0 aromatic heterocycles. The molecule has 3 fully saturated rings. The lowest BCUT2D eigenvalue weighted by Crippen LogP contribution is -2.47. The fourth-order valence-corrected chi connectivity index (χ4v) is 4.03. The third-order valence-corrected chi connectivity index (χ3v) is 5.79. The monoisotopic (exact) mass is 295 g/mol. The molecular formula is C17H33N3O. The summed E-state index contributed by atoms with van der Waals surface area (Å²) >= 11 is 0. The van der Waals surface area contributed by atoms with Gasteiger partial charge in [-0.2, -0.15) is 0 Å². The van der Waals surface area contributed by atoms with E-state index in [1.54, 1.807) is 0 Å². The van der Waals surface area contributed by atoms with Crippen molar-refractivity contribution in [2.45, 2.75) is 25.7 Å². The van der Waals surface area contributed by atoms with Crippen LogP contribution in [0.5, 0.6) is 0 Å². The van der Waals surface area contributed by atoms with Gasteiger partial charge in [-0.1, -0.05) is 0 Å². The van der Waals surface area contributed by atoms with Crippen molar-refractivity contribution in [3.63, 3.8) is 0 Å². The molecule has 0 radical (unpaired) electrons. The van der Waals surface area contributed by atoms with E-state index >= 15 is 0 Å². The second-order valence-electron chi connectivity index (χ2n) is 7.76. The fraction of sp³-hybridized carbons (Fsp3) is 1.00. The van der Waals surface area contributed by atoms with E-state index in [9.17, 15) is 0 Å². The van der Waals surface area contributed by atoms with Crippen LogP contribution in [0.15, 0.2) is 0 Å². The van der Waals surface area contributed by atoms with Crippen molar-refractivity contribution >= 4 is 0 Å². The van der Waals surface area contributed by atoms with Crippen molar-refractivity contribution < 1.29 is 4.74 Å². The molecule has 21 heavy (non-hydrogen) atoms. The Kier molecular flexibility index (Phi) is 5.20. The van der Waals surface area contributed by atoms with Crippen LogP contribution >= 0.6 is 0 Å². The molecule has 0 atom stereocenters. The van der Waals surface area contributed by atoms with Crippen LogP contribution < -0.4 is 0 Å². The molecule has 1 saturated carbocycles. The van der Waals surface area contributed by atoms with E-state index in [1.165, 1.54) is 78.0 Å². The minimum Gasteiger partial charge on any atom is -0.384 e. The van der Waals surface area contributed by atoms with Crippen molar-refractivity contribution in [2.75, 3.05) is 73.1 Å². The average Bonchev–Trinajstić information content (AvgIpc) is 3.23. The Hall–Kier alpha value is -0.160. The number of piperidine rings is 1. The molecule has 1 aliphatic carbocycles. The summed E-state index contributed by atoms with van der Waals surface area (Å²) in [6.07, 6.45) is 5.55. The summed E-state index contributed by atoms with van der Waals surface area (Å²) in [6, 6.07) is 0. The number of hydrogen-bond acceptors (Lipinski definition) is 4. The zero-order valence-electron chi connectivity index (χ0n) is 14.0. The van der Waals surface area contributed by atoms with Gasteiger partial charge in [0.15, 0.2) is 0 Å². The molecule has 2 heterocycles. The molecule has 122 valence electrons. The Morgan fingerprint density at radius 3 is 2.19 bits per heavy atom. The van der Waals surface area contributed by atoms with Gasteiger partial charge in [0.25, 0.3) is 0 Å². The largest absolute Gasteiger partial charge is 0.384 e. The van der Waals surface area contributed by atoms with Gasteiger partial charge in [-0.15, -0.1) is 0 Å². The van der Waals surface area contributed by atoms with Crippen LogP contribution in [0.25, 0.3) is 0 Å². The summed E-state index contributed by atoms with van der Waals surface area (Å²) in [5.74, 6) is 0.933. The Morgan fingerprint density at radius 1 is 0.952 bits per heavy atom. The zero-order valence-corrected chi connectivity index (χ0v) is 14.0. The topological polar surface area (TPSA) is 19.0 Å². The second-order valence-corrected chi connectivity index (χ2v) is 7.76. The van der Waals surface area contributed by atoms with Gasteiger partial charge in [-0.3, -0.25) is 0 Å². The van der Waals surface area contributed by atoms with E-state index in [2.05, 4.69) is 21.7 Å². The first-order valence-electron chi connectivity index (χ1n) is 8.81. The molecule has 4 heteroatoms. The normalized spacial score (nSPS) is 28.9. The van der Waals surface area contributed by atoms with Crippen LogP contribution in [0.4, 0.5) is 0 Å². The first-order chi connectivity index (χ1) is 10.2. The molecule has 0 bridgehead atoms. The Labute approximate surface area is 130 Å². The molecule has 2 saturated heterocycles. The highest BCUT2D eigenvalue weighted by atomic mass is 16.5. The molecule has 0 unspecified atom stereocenters. The summed E-state index contributed by atoms with van der Waals surface area (Å²) in [7, 11) is 4.09. The van der Waals surface area contributed by atoms with Gasteiger partial charge >= 0.3 is 0 Å². The molecule has 4 nitrogen and oxygen atoms in total. The number of likely N-dealkylation sites (N-methyl/N-ethyl adjacent to an activating group) is 1. The van der Waals surface area contributed by atoms with Crippen molar-refractivity contribution in [1.29, 1.82) is 0 Å². The maximum absolute atomic E-state index is 5.40. The van der Waals surface area contributed by atoms with Crippen LogP contribution in [0.2, 0.25) is 0 Å². The van der Waals surface area contributed by atoms with E-state index in [4.69, 9.17) is 4.74 Å². The van der Waals surface area contributed by atoms with Crippen molar-refractivity contribution in [2.24, 2.45) is 11.3 Å². The van der Waals surface area contributed by atoms with Crippen LogP contribution in [0.1, 0.15) is 25.7 Å². The fourth-order valence-electron chi connectivity index (χ4n) is 4.03. The minimum absolute atomic E-state index is 0.527. The van der Waals surface area contributed by atoms with Gasteiger partial charge in [-0.05, 0) is 51.7 Å². The maximum Gasteiger partial charge on any atom is 0.0530 e. The number of methoxy groups -OCH3 is 1. The Balaban J connectivity index is 1.35. The van der Waals surface area contributed by atoms with Crippen LogP contribution in [-0.2, 0) is 4.74 Å². The molecule has 3 aliphatic rings. The number of nitrogens with zero attached hydrogens (tertiary/aromatic N) is 3. The van der Waals surface area contributed by atoms with Gasteiger partial charge in [0.1, 0.15) is 0 Å². The predicted molar refractivity (Wildman–Crippen MR) is 86.6 cm³/mol. The first kappa shape index (κ1) is 15.7. The Bertz CT molecular complexity index is 316. The summed E-state index contributed by atoms with van der Waals surface area (Å²) < 4.78 is 5.40. The molecule has 0 N–H and O–H groups in total. The number of piperazine rings is 1. The van der Waals surface area contributed by atoms with Crippen LogP contribution in [0.3, 0.4) is 0 Å². The molecule has 0 amide bonds. The van der Waals surface area contributed by atoms with E-state index in [-0.39, 0.29) is 0 Å². The van der Waals surface area contributed by atoms with Crippen molar-refractivity contribution in [3.8, 4) is 0 Å². The highest BCUT2D eigenvalue weighted by molar-refractivity contribution is 4.96. The van der Waals surface area contributed by atoms with Crippen LogP contribution in [-0.4, -0.2) is 87.8 Å². The third-order valence-electron chi connectivity index (χ3n) is 5.79. The molecule has 3 rings (SSSR count). The number of ether oxygens (including phenoxy) is 1. The highest BCUT2D eigenvalue weighted by Gasteiger charge is 2.44. The summed E-state index contributed by atoms with van der Waals surface area (Å²) in [5.41, 5.74) is 0.527.